The van der Waals surface area contributed by atoms with E-state index in [0.29, 0.717) is 23.6 Å². The number of aromatic nitrogens is 3. The molecular weight excluding hydrogens is 312 g/mol. The van der Waals surface area contributed by atoms with Crippen LogP contribution in [0.15, 0.2) is 35.5 Å². The summed E-state index contributed by atoms with van der Waals surface area (Å²) in [6, 6.07) is 7.89. The maximum absolute atomic E-state index is 12.3. The van der Waals surface area contributed by atoms with Gasteiger partial charge in [0.25, 0.3) is 5.91 Å². The van der Waals surface area contributed by atoms with Gasteiger partial charge in [-0.2, -0.15) is 10.1 Å². The SMILES string of the molecule is COCCn1c(=NC(=O)c2ccn(C)n2)sc2cc(C)ccc21. The van der Waals surface area contributed by atoms with Crippen LogP contribution in [0.5, 0.6) is 0 Å². The van der Waals surface area contributed by atoms with Crippen molar-refractivity contribution in [2.45, 2.75) is 13.5 Å². The van der Waals surface area contributed by atoms with Crippen LogP contribution in [0.4, 0.5) is 0 Å². The lowest BCUT2D eigenvalue weighted by Crippen LogP contribution is -2.19. The largest absolute Gasteiger partial charge is 0.383 e. The van der Waals surface area contributed by atoms with Gasteiger partial charge in [-0.25, -0.2) is 0 Å². The summed E-state index contributed by atoms with van der Waals surface area (Å²) in [5.41, 5.74) is 2.59. The first-order valence-electron chi connectivity index (χ1n) is 7.26. The molecule has 2 heterocycles. The van der Waals surface area contributed by atoms with E-state index in [2.05, 4.69) is 35.2 Å². The van der Waals surface area contributed by atoms with E-state index in [4.69, 9.17) is 4.74 Å². The normalized spacial score (nSPS) is 12.2. The second-order valence-corrected chi connectivity index (χ2v) is 6.30. The molecule has 0 fully saturated rings. The first kappa shape index (κ1) is 15.6. The first-order valence-corrected chi connectivity index (χ1v) is 8.08. The van der Waals surface area contributed by atoms with Crippen molar-refractivity contribution in [3.05, 3.63) is 46.5 Å². The molecule has 0 aliphatic heterocycles. The van der Waals surface area contributed by atoms with Gasteiger partial charge in [-0.1, -0.05) is 17.4 Å². The van der Waals surface area contributed by atoms with E-state index < -0.39 is 0 Å². The van der Waals surface area contributed by atoms with Gasteiger partial charge < -0.3 is 9.30 Å². The highest BCUT2D eigenvalue weighted by molar-refractivity contribution is 7.16. The molecule has 0 N–H and O–H groups in total. The molecule has 0 saturated carbocycles. The Labute approximate surface area is 137 Å². The van der Waals surface area contributed by atoms with Crippen molar-refractivity contribution in [3.63, 3.8) is 0 Å². The molecule has 0 saturated heterocycles. The number of hydrogen-bond donors (Lipinski definition) is 0. The molecule has 2 aromatic heterocycles. The van der Waals surface area contributed by atoms with E-state index in [1.807, 2.05) is 4.57 Å². The zero-order chi connectivity index (χ0) is 16.4. The number of aryl methyl sites for hydroxylation is 2. The average molecular weight is 330 g/mol. The number of amides is 1. The summed E-state index contributed by atoms with van der Waals surface area (Å²) in [4.78, 5) is 17.3. The van der Waals surface area contributed by atoms with Gasteiger partial charge in [0, 0.05) is 26.9 Å². The molecule has 0 radical (unpaired) electrons. The van der Waals surface area contributed by atoms with Crippen LogP contribution < -0.4 is 4.80 Å². The maximum Gasteiger partial charge on any atom is 0.300 e. The summed E-state index contributed by atoms with van der Waals surface area (Å²) in [5.74, 6) is -0.333. The van der Waals surface area contributed by atoms with Gasteiger partial charge in [0.1, 0.15) is 0 Å². The quantitative estimate of drug-likeness (QED) is 0.736. The fraction of sp³-hybridized carbons (Fsp3) is 0.312. The second-order valence-electron chi connectivity index (χ2n) is 5.29. The highest BCUT2D eigenvalue weighted by Gasteiger charge is 2.11. The molecule has 120 valence electrons. The Morgan fingerprint density at radius 2 is 2.22 bits per heavy atom. The monoisotopic (exact) mass is 330 g/mol. The molecule has 0 aliphatic carbocycles. The number of carbonyl (C=O) groups is 1. The Kier molecular flexibility index (Phi) is 4.40. The smallest absolute Gasteiger partial charge is 0.300 e. The van der Waals surface area contributed by atoms with Gasteiger partial charge in [0.15, 0.2) is 10.5 Å². The van der Waals surface area contributed by atoms with E-state index >= 15 is 0 Å². The van der Waals surface area contributed by atoms with Crippen molar-refractivity contribution in [2.24, 2.45) is 12.0 Å². The Bertz CT molecular complexity index is 920. The number of rotatable bonds is 4. The fourth-order valence-electron chi connectivity index (χ4n) is 2.34. The number of ether oxygens (including phenoxy) is 1. The lowest BCUT2D eigenvalue weighted by molar-refractivity contribution is 0.0992. The number of thiazole rings is 1. The molecule has 7 heteroatoms. The molecule has 0 aliphatic rings. The van der Waals surface area contributed by atoms with E-state index in [-0.39, 0.29) is 5.91 Å². The summed E-state index contributed by atoms with van der Waals surface area (Å²) < 4.78 is 9.89. The fourth-order valence-corrected chi connectivity index (χ4v) is 3.49. The van der Waals surface area contributed by atoms with E-state index in [9.17, 15) is 4.79 Å². The maximum atomic E-state index is 12.3. The summed E-state index contributed by atoms with van der Waals surface area (Å²) in [6.07, 6.45) is 1.73. The van der Waals surface area contributed by atoms with E-state index in [1.54, 1.807) is 31.1 Å². The molecule has 3 aromatic rings. The van der Waals surface area contributed by atoms with Crippen molar-refractivity contribution < 1.29 is 9.53 Å². The van der Waals surface area contributed by atoms with Crippen molar-refractivity contribution in [2.75, 3.05) is 13.7 Å². The average Bonchev–Trinajstić information content (AvgIpc) is 3.08. The first-order chi connectivity index (χ1) is 11.1. The minimum Gasteiger partial charge on any atom is -0.383 e. The predicted molar refractivity (Wildman–Crippen MR) is 89.5 cm³/mol. The third-order valence-corrected chi connectivity index (χ3v) is 4.53. The molecule has 6 nitrogen and oxygen atoms in total. The second kappa shape index (κ2) is 6.47. The van der Waals surface area contributed by atoms with Crippen molar-refractivity contribution in [1.29, 1.82) is 0 Å². The van der Waals surface area contributed by atoms with Crippen LogP contribution in [0.1, 0.15) is 16.1 Å². The summed E-state index contributed by atoms with van der Waals surface area (Å²) >= 11 is 1.50. The Morgan fingerprint density at radius 1 is 1.39 bits per heavy atom. The number of benzene rings is 1. The van der Waals surface area contributed by atoms with Crippen molar-refractivity contribution >= 4 is 27.5 Å². The van der Waals surface area contributed by atoms with Crippen molar-refractivity contribution in [3.8, 4) is 0 Å². The van der Waals surface area contributed by atoms with Crippen LogP contribution in [0.3, 0.4) is 0 Å². The highest BCUT2D eigenvalue weighted by Crippen LogP contribution is 2.19. The number of carbonyl (C=O) groups excluding carboxylic acids is 1. The number of nitrogens with zero attached hydrogens (tertiary/aromatic N) is 4. The van der Waals surface area contributed by atoms with Crippen LogP contribution in [0.25, 0.3) is 10.2 Å². The van der Waals surface area contributed by atoms with Gasteiger partial charge in [-0.15, -0.1) is 0 Å². The molecule has 0 atom stereocenters. The number of methoxy groups -OCH3 is 1. The summed E-state index contributed by atoms with van der Waals surface area (Å²) in [5, 5.41) is 4.11. The Morgan fingerprint density at radius 3 is 2.91 bits per heavy atom. The van der Waals surface area contributed by atoms with Gasteiger partial charge >= 0.3 is 0 Å². The molecule has 0 spiro atoms. The molecule has 1 amide bonds. The molecule has 0 unspecified atom stereocenters. The molecule has 1 aromatic carbocycles. The highest BCUT2D eigenvalue weighted by atomic mass is 32.1. The summed E-state index contributed by atoms with van der Waals surface area (Å²) in [6.45, 7) is 3.26. The van der Waals surface area contributed by atoms with Crippen LogP contribution >= 0.6 is 11.3 Å². The minimum absolute atomic E-state index is 0.333. The lowest BCUT2D eigenvalue weighted by atomic mass is 10.2. The minimum atomic E-state index is -0.333. The van der Waals surface area contributed by atoms with Gasteiger partial charge in [0.05, 0.1) is 16.8 Å². The molecular formula is C16H18N4O2S. The third-order valence-electron chi connectivity index (χ3n) is 3.49. The lowest BCUT2D eigenvalue weighted by Gasteiger charge is -2.04. The molecule has 23 heavy (non-hydrogen) atoms. The third kappa shape index (κ3) is 3.25. The van der Waals surface area contributed by atoms with Gasteiger partial charge in [-0.3, -0.25) is 9.48 Å². The van der Waals surface area contributed by atoms with E-state index in [0.717, 1.165) is 10.2 Å². The molecule has 3 rings (SSSR count). The molecule has 0 bridgehead atoms. The van der Waals surface area contributed by atoms with Crippen molar-refractivity contribution in [1.82, 2.24) is 14.3 Å². The van der Waals surface area contributed by atoms with Crippen LogP contribution in [0, 0.1) is 6.92 Å². The van der Waals surface area contributed by atoms with E-state index in [1.165, 1.54) is 16.9 Å². The number of fused-ring (bicyclic) bond motifs is 1. The topological polar surface area (TPSA) is 61.4 Å². The predicted octanol–water partition coefficient (Wildman–Crippen LogP) is 2.13. The zero-order valence-electron chi connectivity index (χ0n) is 13.3. The van der Waals surface area contributed by atoms with Crippen LogP contribution in [0.2, 0.25) is 0 Å². The van der Waals surface area contributed by atoms with Crippen LogP contribution in [-0.4, -0.2) is 34.0 Å². The van der Waals surface area contributed by atoms with Gasteiger partial charge in [0.2, 0.25) is 0 Å². The number of hydrogen-bond acceptors (Lipinski definition) is 4. The summed E-state index contributed by atoms with van der Waals surface area (Å²) in [7, 11) is 3.44. The standard InChI is InChI=1S/C16H18N4O2S/c1-11-4-5-13-14(10-11)23-16(20(13)8-9-22-3)17-15(21)12-6-7-19(2)18-12/h4-7,10H,8-9H2,1-3H3. The van der Waals surface area contributed by atoms with Gasteiger partial charge in [-0.05, 0) is 30.7 Å². The zero-order valence-corrected chi connectivity index (χ0v) is 14.1. The Hall–Kier alpha value is -2.25. The Balaban J connectivity index is 2.11. The van der Waals surface area contributed by atoms with Crippen LogP contribution in [-0.2, 0) is 18.3 Å².